The van der Waals surface area contributed by atoms with E-state index in [0.717, 1.165) is 25.2 Å². The number of nitrogens with zero attached hydrogens (tertiary/aromatic N) is 3. The number of anilines is 1. The summed E-state index contributed by atoms with van der Waals surface area (Å²) in [5.41, 5.74) is -0.103. The Labute approximate surface area is 163 Å². The van der Waals surface area contributed by atoms with Crippen LogP contribution >= 0.6 is 0 Å². The minimum atomic E-state index is -0.672. The van der Waals surface area contributed by atoms with Crippen LogP contribution in [0.15, 0.2) is 29.3 Å². The number of nitrogens with one attached hydrogen (secondary N) is 1. The summed E-state index contributed by atoms with van der Waals surface area (Å²) in [6.07, 6.45) is 4.11. The topological polar surface area (TPSA) is 65.0 Å². The molecule has 0 unspecified atom stereocenters. The van der Waals surface area contributed by atoms with E-state index < -0.39 is 5.54 Å². The predicted octanol–water partition coefficient (Wildman–Crippen LogP) is 3.11. The number of urea groups is 1. The van der Waals surface area contributed by atoms with Crippen LogP contribution in [-0.2, 0) is 4.79 Å². The molecule has 2 aliphatic carbocycles. The number of halogens is 1. The highest BCUT2D eigenvalue weighted by Crippen LogP contribution is 2.50. The van der Waals surface area contributed by atoms with Crippen molar-refractivity contribution >= 4 is 23.5 Å². The van der Waals surface area contributed by atoms with Gasteiger partial charge in [0, 0.05) is 31.2 Å². The molecule has 7 heteroatoms. The van der Waals surface area contributed by atoms with Crippen molar-refractivity contribution in [2.24, 2.45) is 22.7 Å². The Morgan fingerprint density at radius 1 is 1.25 bits per heavy atom. The van der Waals surface area contributed by atoms with E-state index in [-0.39, 0.29) is 23.7 Å². The van der Waals surface area contributed by atoms with E-state index in [1.165, 1.54) is 25.0 Å². The highest BCUT2D eigenvalue weighted by atomic mass is 19.1. The summed E-state index contributed by atoms with van der Waals surface area (Å²) in [4.78, 5) is 34.5. The third-order valence-electron chi connectivity index (χ3n) is 6.84. The fourth-order valence-corrected chi connectivity index (χ4v) is 5.15. The van der Waals surface area contributed by atoms with Crippen LogP contribution in [0.4, 0.5) is 14.9 Å². The van der Waals surface area contributed by atoms with E-state index in [4.69, 9.17) is 4.99 Å². The summed E-state index contributed by atoms with van der Waals surface area (Å²) in [5, 5.41) is 2.83. The Morgan fingerprint density at radius 3 is 2.71 bits per heavy atom. The fourth-order valence-electron chi connectivity index (χ4n) is 5.15. The molecule has 28 heavy (non-hydrogen) atoms. The van der Waals surface area contributed by atoms with E-state index in [1.807, 2.05) is 11.8 Å². The van der Waals surface area contributed by atoms with Gasteiger partial charge in [-0.3, -0.25) is 14.7 Å². The molecule has 0 radical (unpaired) electrons. The molecule has 148 valence electrons. The van der Waals surface area contributed by atoms with Gasteiger partial charge < -0.3 is 10.2 Å². The van der Waals surface area contributed by atoms with E-state index in [1.54, 1.807) is 17.0 Å². The van der Waals surface area contributed by atoms with Crippen molar-refractivity contribution in [3.63, 3.8) is 0 Å². The maximum atomic E-state index is 13.3. The van der Waals surface area contributed by atoms with Gasteiger partial charge in [0.25, 0.3) is 5.91 Å². The molecule has 6 nitrogen and oxygen atoms in total. The van der Waals surface area contributed by atoms with E-state index in [2.05, 4.69) is 5.32 Å². The Balaban J connectivity index is 1.30. The molecule has 1 spiro atoms. The van der Waals surface area contributed by atoms with Gasteiger partial charge in [0.15, 0.2) is 0 Å². The van der Waals surface area contributed by atoms with Gasteiger partial charge in [0.1, 0.15) is 17.2 Å². The monoisotopic (exact) mass is 384 g/mol. The van der Waals surface area contributed by atoms with Crippen molar-refractivity contribution in [1.29, 1.82) is 0 Å². The molecule has 0 aromatic heterocycles. The third-order valence-corrected chi connectivity index (χ3v) is 6.84. The largest absolute Gasteiger partial charge is 0.324 e. The zero-order valence-corrected chi connectivity index (χ0v) is 16.0. The van der Waals surface area contributed by atoms with Gasteiger partial charge in [-0.15, -0.1) is 0 Å². The number of amidine groups is 1. The van der Waals surface area contributed by atoms with Crippen molar-refractivity contribution in [2.45, 2.75) is 38.1 Å². The Bertz CT molecular complexity index is 850. The molecule has 1 aromatic rings. The first kappa shape index (κ1) is 17.6. The molecule has 4 aliphatic rings. The van der Waals surface area contributed by atoms with Gasteiger partial charge in [-0.2, -0.15) is 0 Å². The average Bonchev–Trinajstić information content (AvgIpc) is 3.21. The standard InChI is InChI=1S/C21H25FN4O2/c1-13-24-21(19(27)26(13)10-14-2-3-14)9-8-15-11-25(12-18(15)21)20(28)23-17-6-4-16(22)5-7-17/h4-7,14-15,18H,2-3,8-12H2,1H3,(H,23,28)/t15-,18+,21-/m1/s1. The third kappa shape index (κ3) is 2.79. The minimum Gasteiger partial charge on any atom is -0.324 e. The van der Waals surface area contributed by atoms with Crippen LogP contribution in [-0.4, -0.2) is 52.7 Å². The molecule has 2 heterocycles. The van der Waals surface area contributed by atoms with Gasteiger partial charge in [-0.25, -0.2) is 9.18 Å². The number of likely N-dealkylation sites (tertiary alicyclic amines) is 1. The summed E-state index contributed by atoms with van der Waals surface area (Å²) in [5.74, 6) is 1.66. The average molecular weight is 384 g/mol. The maximum Gasteiger partial charge on any atom is 0.321 e. The zero-order valence-electron chi connectivity index (χ0n) is 16.0. The lowest BCUT2D eigenvalue weighted by Crippen LogP contribution is -2.47. The summed E-state index contributed by atoms with van der Waals surface area (Å²) in [6.45, 7) is 3.92. The highest BCUT2D eigenvalue weighted by Gasteiger charge is 2.61. The van der Waals surface area contributed by atoms with Gasteiger partial charge in [0.2, 0.25) is 0 Å². The van der Waals surface area contributed by atoms with E-state index >= 15 is 0 Å². The first-order valence-electron chi connectivity index (χ1n) is 10.2. The number of rotatable bonds is 3. The quantitative estimate of drug-likeness (QED) is 0.870. The number of carbonyl (C=O) groups excluding carboxylic acids is 2. The smallest absolute Gasteiger partial charge is 0.321 e. The van der Waals surface area contributed by atoms with Crippen molar-refractivity contribution in [2.75, 3.05) is 25.0 Å². The Hall–Kier alpha value is -2.44. The van der Waals surface area contributed by atoms with Crippen LogP contribution in [0.3, 0.4) is 0 Å². The summed E-state index contributed by atoms with van der Waals surface area (Å²) < 4.78 is 13.1. The summed E-state index contributed by atoms with van der Waals surface area (Å²) >= 11 is 0. The molecule has 1 N–H and O–H groups in total. The molecule has 3 atom stereocenters. The van der Waals surface area contributed by atoms with E-state index in [0.29, 0.717) is 30.6 Å². The zero-order chi connectivity index (χ0) is 19.5. The van der Waals surface area contributed by atoms with Gasteiger partial charge in [0.05, 0.1) is 0 Å². The fraction of sp³-hybridized carbons (Fsp3) is 0.571. The first-order valence-corrected chi connectivity index (χ1v) is 10.2. The Kier molecular flexibility index (Phi) is 3.96. The van der Waals surface area contributed by atoms with Crippen LogP contribution in [0.5, 0.6) is 0 Å². The summed E-state index contributed by atoms with van der Waals surface area (Å²) in [7, 11) is 0. The van der Waals surface area contributed by atoms with Gasteiger partial charge in [-0.05, 0) is 68.7 Å². The molecule has 2 saturated carbocycles. The Morgan fingerprint density at radius 2 is 2.00 bits per heavy atom. The van der Waals surface area contributed by atoms with Crippen molar-refractivity contribution < 1.29 is 14.0 Å². The highest BCUT2D eigenvalue weighted by molar-refractivity contribution is 6.08. The molecule has 1 saturated heterocycles. The second kappa shape index (κ2) is 6.29. The lowest BCUT2D eigenvalue weighted by Gasteiger charge is -2.28. The van der Waals surface area contributed by atoms with E-state index in [9.17, 15) is 14.0 Å². The first-order chi connectivity index (χ1) is 13.5. The lowest BCUT2D eigenvalue weighted by molar-refractivity contribution is -0.132. The number of amides is 3. The second-order valence-electron chi connectivity index (χ2n) is 8.69. The molecular formula is C21H25FN4O2. The SMILES string of the molecule is CC1=N[C@@]2(CC[C@@H]3CN(C(=O)Nc4ccc(F)cc4)C[C@@H]32)C(=O)N1CC1CC1. The number of hydrogen-bond donors (Lipinski definition) is 1. The molecular weight excluding hydrogens is 359 g/mol. The molecule has 3 fully saturated rings. The molecule has 0 bridgehead atoms. The molecule has 1 aromatic carbocycles. The summed E-state index contributed by atoms with van der Waals surface area (Å²) in [6, 6.07) is 5.56. The maximum absolute atomic E-state index is 13.3. The van der Waals surface area contributed by atoms with Crippen LogP contribution in [0.25, 0.3) is 0 Å². The number of fused-ring (bicyclic) bond motifs is 2. The van der Waals surface area contributed by atoms with Crippen molar-refractivity contribution in [3.8, 4) is 0 Å². The number of aliphatic imine (C=N–C) groups is 1. The van der Waals surface area contributed by atoms with Crippen LogP contribution < -0.4 is 5.32 Å². The minimum absolute atomic E-state index is 0.0816. The molecule has 3 amide bonds. The predicted molar refractivity (Wildman–Crippen MR) is 103 cm³/mol. The number of hydrogen-bond acceptors (Lipinski definition) is 3. The number of carbonyl (C=O) groups is 2. The molecule has 5 rings (SSSR count). The van der Waals surface area contributed by atoms with Crippen molar-refractivity contribution in [3.05, 3.63) is 30.1 Å². The second-order valence-corrected chi connectivity index (χ2v) is 8.69. The van der Waals surface area contributed by atoms with Gasteiger partial charge in [-0.1, -0.05) is 0 Å². The van der Waals surface area contributed by atoms with Crippen LogP contribution in [0.1, 0.15) is 32.6 Å². The van der Waals surface area contributed by atoms with Crippen LogP contribution in [0.2, 0.25) is 0 Å². The lowest BCUT2D eigenvalue weighted by atomic mass is 9.85. The van der Waals surface area contributed by atoms with Gasteiger partial charge >= 0.3 is 6.03 Å². The van der Waals surface area contributed by atoms with Crippen molar-refractivity contribution in [1.82, 2.24) is 9.80 Å². The van der Waals surface area contributed by atoms with Crippen LogP contribution in [0, 0.1) is 23.6 Å². The molecule has 2 aliphatic heterocycles. The number of benzene rings is 1. The normalized spacial score (nSPS) is 31.5.